The Bertz CT molecular complexity index is 384. The average molecular weight is 244 g/mol. The number of fused-ring (bicyclic) bond motifs is 1. The van der Waals surface area contributed by atoms with Crippen molar-refractivity contribution in [3.05, 3.63) is 28.5 Å². The lowest BCUT2D eigenvalue weighted by Crippen LogP contribution is -2.27. The van der Waals surface area contributed by atoms with Crippen molar-refractivity contribution in [2.24, 2.45) is 0 Å². The summed E-state index contributed by atoms with van der Waals surface area (Å²) in [4.78, 5) is 0. The summed E-state index contributed by atoms with van der Waals surface area (Å²) >= 11 is 5.95. The summed E-state index contributed by atoms with van der Waals surface area (Å²) in [6.45, 7) is 3.64. The zero-order valence-electron chi connectivity index (χ0n) is 9.22. The Morgan fingerprint density at radius 1 is 1.56 bits per heavy atom. The Morgan fingerprint density at radius 2 is 2.38 bits per heavy atom. The number of hydrogen-bond donors (Lipinski definition) is 1. The summed E-state index contributed by atoms with van der Waals surface area (Å²) < 4.78 is 18.8. The van der Waals surface area contributed by atoms with Gasteiger partial charge < -0.3 is 10.1 Å². The monoisotopic (exact) mass is 243 g/mol. The van der Waals surface area contributed by atoms with Crippen molar-refractivity contribution in [1.29, 1.82) is 0 Å². The van der Waals surface area contributed by atoms with Crippen molar-refractivity contribution in [2.45, 2.75) is 25.8 Å². The Labute approximate surface area is 99.7 Å². The van der Waals surface area contributed by atoms with Crippen LogP contribution in [-0.2, 0) is 0 Å². The molecule has 0 aliphatic carbocycles. The molecule has 4 heteroatoms. The molecule has 0 fully saturated rings. The molecule has 0 bridgehead atoms. The Morgan fingerprint density at radius 3 is 3.12 bits per heavy atom. The van der Waals surface area contributed by atoms with Crippen LogP contribution in [0.25, 0.3) is 0 Å². The standard InChI is InChI=1S/C12H15ClFNO/c1-2-4-15-11-3-5-16-12-9(11)6-8(14)7-10(12)13/h6-7,11,15H,2-5H2,1H3. The molecule has 0 radical (unpaired) electrons. The zero-order valence-corrected chi connectivity index (χ0v) is 9.98. The van der Waals surface area contributed by atoms with Crippen LogP contribution in [0.15, 0.2) is 12.1 Å². The third-order valence-corrected chi connectivity index (χ3v) is 2.99. The van der Waals surface area contributed by atoms with Crippen molar-refractivity contribution in [2.75, 3.05) is 13.2 Å². The second kappa shape index (κ2) is 5.02. The number of halogens is 2. The van der Waals surface area contributed by atoms with Gasteiger partial charge in [-0.1, -0.05) is 18.5 Å². The number of rotatable bonds is 3. The predicted molar refractivity (Wildman–Crippen MR) is 62.6 cm³/mol. The van der Waals surface area contributed by atoms with E-state index in [0.717, 1.165) is 24.9 Å². The molecule has 1 unspecified atom stereocenters. The molecule has 0 saturated carbocycles. The number of ether oxygens (including phenoxy) is 1. The van der Waals surface area contributed by atoms with E-state index in [2.05, 4.69) is 12.2 Å². The van der Waals surface area contributed by atoms with Gasteiger partial charge in [0.1, 0.15) is 11.6 Å². The molecule has 0 amide bonds. The highest BCUT2D eigenvalue weighted by Crippen LogP contribution is 2.38. The molecule has 1 atom stereocenters. The van der Waals surface area contributed by atoms with Gasteiger partial charge in [-0.15, -0.1) is 0 Å². The molecule has 0 spiro atoms. The highest BCUT2D eigenvalue weighted by molar-refractivity contribution is 6.32. The molecule has 1 aliphatic rings. The van der Waals surface area contributed by atoms with Crippen molar-refractivity contribution in [3.63, 3.8) is 0 Å². The van der Waals surface area contributed by atoms with Gasteiger partial charge in [-0.25, -0.2) is 4.39 Å². The van der Waals surface area contributed by atoms with E-state index in [-0.39, 0.29) is 11.9 Å². The fourth-order valence-electron chi connectivity index (χ4n) is 1.96. The van der Waals surface area contributed by atoms with E-state index in [1.165, 1.54) is 12.1 Å². The van der Waals surface area contributed by atoms with E-state index in [1.807, 2.05) is 0 Å². The molecule has 1 aromatic rings. The van der Waals surface area contributed by atoms with Crippen molar-refractivity contribution in [1.82, 2.24) is 5.32 Å². The zero-order chi connectivity index (χ0) is 11.5. The van der Waals surface area contributed by atoms with E-state index in [0.29, 0.717) is 17.4 Å². The molecular weight excluding hydrogens is 229 g/mol. The highest BCUT2D eigenvalue weighted by Gasteiger charge is 2.23. The first-order valence-corrected chi connectivity index (χ1v) is 5.95. The Kier molecular flexibility index (Phi) is 3.66. The van der Waals surface area contributed by atoms with Crippen LogP contribution in [0.3, 0.4) is 0 Å². The first-order valence-electron chi connectivity index (χ1n) is 5.57. The van der Waals surface area contributed by atoms with Gasteiger partial charge in [0, 0.05) is 18.0 Å². The van der Waals surface area contributed by atoms with E-state index in [4.69, 9.17) is 16.3 Å². The van der Waals surface area contributed by atoms with Gasteiger partial charge in [0.05, 0.1) is 11.6 Å². The van der Waals surface area contributed by atoms with Crippen molar-refractivity contribution < 1.29 is 9.13 Å². The largest absolute Gasteiger partial charge is 0.492 e. The minimum Gasteiger partial charge on any atom is -0.492 e. The molecule has 88 valence electrons. The minimum atomic E-state index is -0.308. The van der Waals surface area contributed by atoms with E-state index in [1.54, 1.807) is 0 Å². The van der Waals surface area contributed by atoms with Crippen LogP contribution in [0.2, 0.25) is 5.02 Å². The van der Waals surface area contributed by atoms with Crippen LogP contribution in [0.5, 0.6) is 5.75 Å². The van der Waals surface area contributed by atoms with E-state index >= 15 is 0 Å². The van der Waals surface area contributed by atoms with Gasteiger partial charge in [0.2, 0.25) is 0 Å². The minimum absolute atomic E-state index is 0.150. The van der Waals surface area contributed by atoms with Crippen LogP contribution < -0.4 is 10.1 Å². The lowest BCUT2D eigenvalue weighted by Gasteiger charge is -2.27. The Balaban J connectivity index is 2.30. The van der Waals surface area contributed by atoms with Gasteiger partial charge in [-0.3, -0.25) is 0 Å². The third kappa shape index (κ3) is 2.30. The average Bonchev–Trinajstić information content (AvgIpc) is 2.26. The van der Waals surface area contributed by atoms with Crippen LogP contribution in [0, 0.1) is 5.82 Å². The van der Waals surface area contributed by atoms with Gasteiger partial charge in [-0.2, -0.15) is 0 Å². The van der Waals surface area contributed by atoms with Gasteiger partial charge in [0.15, 0.2) is 0 Å². The Hall–Kier alpha value is -0.800. The maximum absolute atomic E-state index is 13.3. The summed E-state index contributed by atoms with van der Waals surface area (Å²) in [7, 11) is 0. The molecule has 1 N–H and O–H groups in total. The van der Waals surface area contributed by atoms with Crippen LogP contribution in [-0.4, -0.2) is 13.2 Å². The fourth-order valence-corrected chi connectivity index (χ4v) is 2.22. The van der Waals surface area contributed by atoms with Crippen LogP contribution in [0.4, 0.5) is 4.39 Å². The molecule has 0 aromatic heterocycles. The molecule has 1 aliphatic heterocycles. The topological polar surface area (TPSA) is 21.3 Å². The maximum atomic E-state index is 13.3. The first-order chi connectivity index (χ1) is 7.72. The highest BCUT2D eigenvalue weighted by atomic mass is 35.5. The van der Waals surface area contributed by atoms with Crippen LogP contribution >= 0.6 is 11.6 Å². The molecule has 0 saturated heterocycles. The quantitative estimate of drug-likeness (QED) is 0.880. The van der Waals surface area contributed by atoms with Crippen LogP contribution in [0.1, 0.15) is 31.4 Å². The molecule has 2 nitrogen and oxygen atoms in total. The van der Waals surface area contributed by atoms with Crippen molar-refractivity contribution in [3.8, 4) is 5.75 Å². The van der Waals surface area contributed by atoms with E-state index < -0.39 is 0 Å². The second-order valence-corrected chi connectivity index (χ2v) is 4.36. The molecule has 1 heterocycles. The summed E-state index contributed by atoms with van der Waals surface area (Å²) in [5, 5.41) is 3.74. The molecular formula is C12H15ClFNO. The predicted octanol–water partition coefficient (Wildman–Crippen LogP) is 3.30. The molecule has 2 rings (SSSR count). The molecule has 1 aromatic carbocycles. The smallest absolute Gasteiger partial charge is 0.142 e. The first kappa shape index (κ1) is 11.7. The number of hydrogen-bond acceptors (Lipinski definition) is 2. The van der Waals surface area contributed by atoms with Gasteiger partial charge in [0.25, 0.3) is 0 Å². The number of benzene rings is 1. The van der Waals surface area contributed by atoms with E-state index in [9.17, 15) is 4.39 Å². The summed E-state index contributed by atoms with van der Waals surface area (Å²) in [6, 6.07) is 2.95. The normalized spacial score (nSPS) is 19.1. The van der Waals surface area contributed by atoms with Gasteiger partial charge in [-0.05, 0) is 25.1 Å². The van der Waals surface area contributed by atoms with Gasteiger partial charge >= 0.3 is 0 Å². The lowest BCUT2D eigenvalue weighted by molar-refractivity contribution is 0.252. The molecule has 16 heavy (non-hydrogen) atoms. The maximum Gasteiger partial charge on any atom is 0.142 e. The summed E-state index contributed by atoms with van der Waals surface area (Å²) in [5.74, 6) is 0.320. The second-order valence-electron chi connectivity index (χ2n) is 3.95. The lowest BCUT2D eigenvalue weighted by atomic mass is 10.0. The summed E-state index contributed by atoms with van der Waals surface area (Å²) in [5.41, 5.74) is 0.838. The third-order valence-electron chi connectivity index (χ3n) is 2.71. The fraction of sp³-hybridized carbons (Fsp3) is 0.500. The SMILES string of the molecule is CCCNC1CCOc2c(Cl)cc(F)cc21. The summed E-state index contributed by atoms with van der Waals surface area (Å²) in [6.07, 6.45) is 1.91. The van der Waals surface area contributed by atoms with Crippen molar-refractivity contribution >= 4 is 11.6 Å². The number of nitrogens with one attached hydrogen (secondary N) is 1.